The van der Waals surface area contributed by atoms with E-state index in [2.05, 4.69) is 5.32 Å². The second-order valence-corrected chi connectivity index (χ2v) is 6.31. The van der Waals surface area contributed by atoms with Crippen LogP contribution in [0.15, 0.2) is 0 Å². The van der Waals surface area contributed by atoms with E-state index in [-0.39, 0.29) is 29.0 Å². The highest BCUT2D eigenvalue weighted by Crippen LogP contribution is 2.38. The number of hydrogen-bond donors (Lipinski definition) is 1. The summed E-state index contributed by atoms with van der Waals surface area (Å²) in [6.07, 6.45) is 1.51. The smallest absolute Gasteiger partial charge is 0.322 e. The summed E-state index contributed by atoms with van der Waals surface area (Å²) in [5.74, 6) is -0.332. The first-order chi connectivity index (χ1) is 8.04. The predicted molar refractivity (Wildman–Crippen MR) is 68.6 cm³/mol. The fourth-order valence-electron chi connectivity index (χ4n) is 3.03. The molecule has 18 heavy (non-hydrogen) atoms. The van der Waals surface area contributed by atoms with Gasteiger partial charge in [0.15, 0.2) is 0 Å². The molecule has 0 aliphatic carbocycles. The van der Waals surface area contributed by atoms with E-state index in [0.29, 0.717) is 0 Å². The Kier molecular flexibility index (Phi) is 4.05. The molecule has 1 saturated heterocycles. The van der Waals surface area contributed by atoms with Gasteiger partial charge in [-0.3, -0.25) is 9.59 Å². The van der Waals surface area contributed by atoms with Crippen LogP contribution in [-0.2, 0) is 14.4 Å². The molecule has 0 saturated carbocycles. The van der Waals surface area contributed by atoms with Gasteiger partial charge in [-0.2, -0.15) is 0 Å². The van der Waals surface area contributed by atoms with Crippen LogP contribution < -0.4 is 5.32 Å². The third-order valence-electron chi connectivity index (χ3n) is 3.22. The Hall–Kier alpha value is -1.10. The van der Waals surface area contributed by atoms with E-state index in [1.807, 2.05) is 27.7 Å². The summed E-state index contributed by atoms with van der Waals surface area (Å²) in [6.45, 7) is 11.0. The lowest BCUT2D eigenvalue weighted by Gasteiger charge is -2.52. The summed E-state index contributed by atoms with van der Waals surface area (Å²) in [5, 5.41) is 4.73. The van der Waals surface area contributed by atoms with Gasteiger partial charge in [-0.05, 0) is 40.5 Å². The number of carbonyl (C=O) groups excluding carboxylic acids is 2. The molecule has 1 N–H and O–H groups in total. The van der Waals surface area contributed by atoms with Crippen molar-refractivity contribution in [3.05, 3.63) is 0 Å². The van der Waals surface area contributed by atoms with Crippen LogP contribution in [0.25, 0.3) is 0 Å². The molecule has 1 heterocycles. The zero-order chi connectivity index (χ0) is 14.1. The second-order valence-electron chi connectivity index (χ2n) is 6.31. The number of nitrogens with zero attached hydrogens (tertiary/aromatic N) is 1. The number of carbonyl (C=O) groups is 2. The Morgan fingerprint density at radius 2 is 1.56 bits per heavy atom. The second kappa shape index (κ2) is 4.88. The van der Waals surface area contributed by atoms with E-state index in [9.17, 15) is 9.59 Å². The summed E-state index contributed by atoms with van der Waals surface area (Å²) in [6, 6.07) is 0.110. The molecule has 0 aromatic carbocycles. The van der Waals surface area contributed by atoms with Gasteiger partial charge >= 0.3 is 5.97 Å². The number of piperidine rings is 1. The van der Waals surface area contributed by atoms with Crippen molar-refractivity contribution < 1.29 is 14.4 Å². The fourth-order valence-corrected chi connectivity index (χ4v) is 3.03. The molecular formula is C13H24N2O3. The predicted octanol–water partition coefficient (Wildman–Crippen LogP) is 1.62. The Morgan fingerprint density at radius 3 is 1.89 bits per heavy atom. The van der Waals surface area contributed by atoms with Gasteiger partial charge in [-0.25, -0.2) is 0 Å². The van der Waals surface area contributed by atoms with Crippen molar-refractivity contribution in [3.8, 4) is 0 Å². The van der Waals surface area contributed by atoms with Crippen molar-refractivity contribution in [1.29, 1.82) is 0 Å². The molecule has 0 radical (unpaired) electrons. The number of rotatable bonds is 2. The van der Waals surface area contributed by atoms with Gasteiger partial charge in [-0.1, -0.05) is 0 Å². The minimum Gasteiger partial charge on any atom is -0.367 e. The van der Waals surface area contributed by atoms with Crippen molar-refractivity contribution >= 4 is 11.9 Å². The van der Waals surface area contributed by atoms with Gasteiger partial charge in [0.05, 0.1) is 11.1 Å². The fraction of sp³-hybridized carbons (Fsp3) is 0.846. The molecule has 0 bridgehead atoms. The molecule has 0 spiro atoms. The molecule has 0 atom stereocenters. The van der Waals surface area contributed by atoms with Crippen LogP contribution >= 0.6 is 0 Å². The van der Waals surface area contributed by atoms with Crippen molar-refractivity contribution in [3.63, 3.8) is 0 Å². The van der Waals surface area contributed by atoms with Crippen LogP contribution in [0.5, 0.6) is 0 Å². The SMILES string of the molecule is CC(=O)NC1CC(C)(C)N(OC(C)=O)C(C)(C)C1. The van der Waals surface area contributed by atoms with Crippen molar-refractivity contribution in [1.82, 2.24) is 10.4 Å². The van der Waals surface area contributed by atoms with Gasteiger partial charge in [-0.15, -0.1) is 5.06 Å². The Labute approximate surface area is 109 Å². The molecular weight excluding hydrogens is 232 g/mol. The minimum atomic E-state index is -0.311. The molecule has 5 nitrogen and oxygen atoms in total. The van der Waals surface area contributed by atoms with Gasteiger partial charge in [0.2, 0.25) is 5.91 Å². The molecule has 5 heteroatoms. The lowest BCUT2D eigenvalue weighted by Crippen LogP contribution is -2.64. The van der Waals surface area contributed by atoms with Crippen LogP contribution in [0, 0.1) is 0 Å². The summed E-state index contributed by atoms with van der Waals surface area (Å²) >= 11 is 0. The molecule has 1 aliphatic heterocycles. The highest BCUT2D eigenvalue weighted by Gasteiger charge is 2.48. The highest BCUT2D eigenvalue weighted by atomic mass is 16.7. The van der Waals surface area contributed by atoms with Gasteiger partial charge in [0, 0.05) is 19.9 Å². The van der Waals surface area contributed by atoms with Crippen LogP contribution in [0.4, 0.5) is 0 Å². The largest absolute Gasteiger partial charge is 0.367 e. The van der Waals surface area contributed by atoms with Crippen LogP contribution in [0.1, 0.15) is 54.4 Å². The Bertz CT molecular complexity index is 332. The summed E-state index contributed by atoms with van der Waals surface area (Å²) in [4.78, 5) is 27.8. The van der Waals surface area contributed by atoms with E-state index >= 15 is 0 Å². The van der Waals surface area contributed by atoms with Crippen LogP contribution in [0.2, 0.25) is 0 Å². The highest BCUT2D eigenvalue weighted by molar-refractivity contribution is 5.73. The molecule has 1 rings (SSSR count). The van der Waals surface area contributed by atoms with Crippen LogP contribution in [-0.4, -0.2) is 34.1 Å². The average Bonchev–Trinajstić information content (AvgIpc) is 2.08. The minimum absolute atomic E-state index is 0.0208. The van der Waals surface area contributed by atoms with E-state index < -0.39 is 0 Å². The van der Waals surface area contributed by atoms with E-state index in [4.69, 9.17) is 4.84 Å². The normalized spacial score (nSPS) is 23.4. The summed E-state index contributed by atoms with van der Waals surface area (Å²) in [7, 11) is 0. The molecule has 0 aromatic heterocycles. The Balaban J connectivity index is 2.90. The molecule has 0 unspecified atom stereocenters. The summed E-state index contributed by atoms with van der Waals surface area (Å²) in [5.41, 5.74) is -0.610. The zero-order valence-electron chi connectivity index (χ0n) is 12.2. The zero-order valence-corrected chi connectivity index (χ0v) is 12.2. The number of hydrogen-bond acceptors (Lipinski definition) is 4. The monoisotopic (exact) mass is 256 g/mol. The first kappa shape index (κ1) is 15.0. The molecule has 1 amide bonds. The van der Waals surface area contributed by atoms with Gasteiger partial charge in [0.25, 0.3) is 0 Å². The average molecular weight is 256 g/mol. The molecule has 0 aromatic rings. The van der Waals surface area contributed by atoms with E-state index in [0.717, 1.165) is 12.8 Å². The lowest BCUT2D eigenvalue weighted by molar-refractivity contribution is -0.266. The van der Waals surface area contributed by atoms with Crippen molar-refractivity contribution in [2.45, 2.75) is 71.5 Å². The third-order valence-corrected chi connectivity index (χ3v) is 3.22. The van der Waals surface area contributed by atoms with Crippen LogP contribution in [0.3, 0.4) is 0 Å². The topological polar surface area (TPSA) is 58.6 Å². The van der Waals surface area contributed by atoms with Gasteiger partial charge in [0.1, 0.15) is 0 Å². The van der Waals surface area contributed by atoms with E-state index in [1.54, 1.807) is 5.06 Å². The maximum absolute atomic E-state index is 11.2. The number of nitrogens with one attached hydrogen (secondary N) is 1. The standard InChI is InChI=1S/C13H24N2O3/c1-9(16)14-11-7-12(3,4)15(18-10(2)17)13(5,6)8-11/h11H,7-8H2,1-6H3,(H,14,16). The maximum Gasteiger partial charge on any atom is 0.322 e. The first-order valence-electron chi connectivity index (χ1n) is 6.30. The van der Waals surface area contributed by atoms with Crippen molar-refractivity contribution in [2.24, 2.45) is 0 Å². The Morgan fingerprint density at radius 1 is 1.11 bits per heavy atom. The van der Waals surface area contributed by atoms with Crippen molar-refractivity contribution in [2.75, 3.05) is 0 Å². The molecule has 1 fully saturated rings. The number of amides is 1. The summed E-state index contributed by atoms with van der Waals surface area (Å²) < 4.78 is 0. The number of hydroxylamine groups is 2. The quantitative estimate of drug-likeness (QED) is 0.815. The third kappa shape index (κ3) is 3.45. The van der Waals surface area contributed by atoms with E-state index in [1.165, 1.54) is 13.8 Å². The first-order valence-corrected chi connectivity index (χ1v) is 6.30. The molecule has 104 valence electrons. The maximum atomic E-state index is 11.2. The molecule has 1 aliphatic rings. The van der Waals surface area contributed by atoms with Gasteiger partial charge < -0.3 is 10.2 Å². The lowest BCUT2D eigenvalue weighted by atomic mass is 9.79.